The Labute approximate surface area is 877 Å². The maximum atomic E-state index is 10.0. The maximum absolute atomic E-state index is 10.0. The SMILES string of the molecule is CC(=O)/C=C(/C)O.CC(=O)C=C(C)O.CC1(C)C2Cc3cc4[n+](cc3C1C2)Cc1cc2c(cc1-4)CCCC2.Nc1[c-]ccc2ccccc12.[Ir].[N-]=C1C=CC=CC1=N.[Pt+2].[Pt].[c-]1ccccc1-c1cccc(N(c2ccccc2)c2cccc(-c3[c-]cccc3)n2)n1.[c-]1ccccc1-c1nccc2ccccc12.c1c2c(cc3c1C[n+]1cc4c(cc1-3)C1CCC4C1)CCCC2.c1ccc2c(c1)C[n+]1ccccc1-2. The molecule has 0 spiro atoms. The Hall–Kier alpha value is -13.5. The molecular formula is C125H116IrN10O4Pt2. The van der Waals surface area contributed by atoms with E-state index in [1.165, 1.54) is 191 Å². The Balaban J connectivity index is 0.000000125. The van der Waals surface area contributed by atoms with E-state index in [1.54, 1.807) is 67.8 Å². The number of aryl methyl sites for hydroxylation is 4. The molecule has 10 aromatic carbocycles. The topological polar surface area (TPSA) is 200 Å². The standard InChI is InChI=1S/C28H19N3.C23H26N.C21H22N.C15H10N.C12H10N.C10H8N.C6H5N2.2C5H8O2.Ir.2Pt/c1-4-12-22(13-5-1)25-18-10-20-27(29-25)31(24-16-8-3-9-17-24)28-21-11-19-26(30-28)23-14-6-2-7-15-23;1-23(2)18-8-16-10-22-19-9-15-6-4-3-5-14(15)7-17(19)12-24(22)13-20(16)21(23)11-18;1-2-4-14-9-19-17(7-13(14)3-1)11-22-12-20-16-6-5-15(8-16)18(20)10-21(19)22;1-2-7-13(8-3-1)15-14-9-5-4-6-12(14)10-11-16-15;1-2-6-11-10(5-1)9-13-8-4-3-7-12(11)13;11-10-7-3-5-8-4-1-2-6-9(8)10;7-5-3-1-2-4-6(5)8;2*1-4(6)3-5(2)7;;;/h1-12,14,16-21H;7,9-10,13,18,21H,3-6,8,11-12H2,1-2H3;7,9-10,12,15-16H,1-6,8,11H2;1-7,9-11H;1-8H,9H2;1-6H,11H2;1-4,7H;2*3,6H,1-2H3;;;/q-2;2*+1;-1;+1;2*-1;;;;;+2/b;;;;;;;4-3-;;;;. The molecule has 142 heavy (non-hydrogen) atoms. The summed E-state index contributed by atoms with van der Waals surface area (Å²) in [5, 5.41) is 37.1. The molecule has 5 N–H and O–H groups in total. The first-order valence-corrected chi connectivity index (χ1v) is 48.6. The quantitative estimate of drug-likeness (QED) is 0.0285. The van der Waals surface area contributed by atoms with Gasteiger partial charge in [0, 0.05) is 123 Å². The van der Waals surface area contributed by atoms with E-state index in [2.05, 4.69) is 183 Å². The number of carbonyl (C=O) groups is 2. The fourth-order valence-electron chi connectivity index (χ4n) is 21.2. The number of nitrogens with one attached hydrogen (secondary N) is 1. The Morgan fingerprint density at radius 3 is 1.53 bits per heavy atom. The number of rotatable bonds is 8. The van der Waals surface area contributed by atoms with Gasteiger partial charge in [-0.1, -0.05) is 141 Å². The number of fused-ring (bicyclic) bond motifs is 18. The number of anilines is 4. The molecule has 4 unspecified atom stereocenters. The Morgan fingerprint density at radius 2 is 0.986 bits per heavy atom. The van der Waals surface area contributed by atoms with Crippen molar-refractivity contribution >= 4 is 67.5 Å². The minimum atomic E-state index is -0.125. The number of pyridine rings is 6. The van der Waals surface area contributed by atoms with Crippen LogP contribution in [0.1, 0.15) is 172 Å². The first-order valence-electron chi connectivity index (χ1n) is 48.6. The van der Waals surface area contributed by atoms with E-state index in [1.807, 2.05) is 188 Å². The van der Waals surface area contributed by atoms with Crippen molar-refractivity contribution in [2.45, 2.75) is 162 Å². The van der Waals surface area contributed by atoms with Crippen molar-refractivity contribution in [3.8, 4) is 67.5 Å². The van der Waals surface area contributed by atoms with Gasteiger partial charge in [-0.05, 0) is 274 Å². The molecule has 9 heterocycles. The Kier molecular flexibility index (Phi) is 34.3. The molecule has 8 aliphatic carbocycles. The van der Waals surface area contributed by atoms with Crippen LogP contribution in [0.15, 0.2) is 358 Å². The number of hydrogen-bond donors (Lipinski definition) is 4. The molecule has 0 saturated heterocycles. The van der Waals surface area contributed by atoms with Gasteiger partial charge in [0.25, 0.3) is 0 Å². The number of nitrogens with zero attached hydrogens (tertiary/aromatic N) is 8. The summed E-state index contributed by atoms with van der Waals surface area (Å²) in [4.78, 5) is 36.4. The number of allylic oxidation sites excluding steroid dienone is 8. The van der Waals surface area contributed by atoms with Crippen molar-refractivity contribution in [2.75, 3.05) is 10.6 Å². The van der Waals surface area contributed by atoms with Gasteiger partial charge in [-0.25, -0.2) is 0 Å². The molecular weight excluding hydrogens is 2290 g/mol. The number of aromatic nitrogens is 6. The third-order valence-corrected chi connectivity index (χ3v) is 28.1. The first kappa shape index (κ1) is 103. The number of aliphatic hydroxyl groups is 2. The molecule has 1 radical (unpaired) electrons. The average Bonchev–Trinajstić information content (AvgIpc) is 0.970. The predicted octanol–water partition coefficient (Wildman–Crippen LogP) is 26.8. The van der Waals surface area contributed by atoms with E-state index in [9.17, 15) is 9.59 Å². The number of para-hydroxylation sites is 1. The fourth-order valence-corrected chi connectivity index (χ4v) is 21.2. The summed E-state index contributed by atoms with van der Waals surface area (Å²) in [5.74, 6) is 4.90. The van der Waals surface area contributed by atoms with Gasteiger partial charge in [-0.2, -0.15) is 31.9 Å². The third kappa shape index (κ3) is 23.9. The molecule has 0 amide bonds. The van der Waals surface area contributed by atoms with Crippen LogP contribution in [0.4, 0.5) is 23.0 Å². The summed E-state index contributed by atoms with van der Waals surface area (Å²) >= 11 is 0. The normalized spacial score (nSPS) is 16.3. The fraction of sp³-hybridized carbons (Fsp3) is 0.216. The second-order valence-electron chi connectivity index (χ2n) is 38.0. The van der Waals surface area contributed by atoms with Crippen LogP contribution < -0.4 is 24.3 Å². The van der Waals surface area contributed by atoms with Crippen molar-refractivity contribution < 1.29 is 95.7 Å². The van der Waals surface area contributed by atoms with Crippen LogP contribution in [-0.2, 0) is 124 Å². The zero-order valence-electron chi connectivity index (χ0n) is 80.9. The Morgan fingerprint density at radius 1 is 0.479 bits per heavy atom. The molecule has 2 saturated carbocycles. The summed E-state index contributed by atoms with van der Waals surface area (Å²) in [7, 11) is 0. The van der Waals surface area contributed by atoms with Gasteiger partial charge in [0.05, 0.1) is 28.2 Å². The zero-order chi connectivity index (χ0) is 96.0. The molecule has 14 nitrogen and oxygen atoms in total. The van der Waals surface area contributed by atoms with Crippen LogP contribution in [0.2, 0.25) is 0 Å². The summed E-state index contributed by atoms with van der Waals surface area (Å²) in [6.45, 7) is 13.9. The molecule has 719 valence electrons. The first-order chi connectivity index (χ1) is 67.7. The molecule has 27 rings (SSSR count). The number of nitrogen functional groups attached to an aromatic ring is 1. The molecule has 4 bridgehead atoms. The number of benzene rings is 10. The molecule has 11 aliphatic rings. The molecule has 16 aromatic rings. The van der Waals surface area contributed by atoms with Crippen LogP contribution >= 0.6 is 0 Å². The van der Waals surface area contributed by atoms with E-state index in [4.69, 9.17) is 36.7 Å². The third-order valence-electron chi connectivity index (χ3n) is 28.1. The van der Waals surface area contributed by atoms with Gasteiger partial charge in [-0.15, -0.1) is 130 Å². The van der Waals surface area contributed by atoms with Gasteiger partial charge in [0.2, 0.25) is 17.1 Å². The largest absolute Gasteiger partial charge is 2.00 e. The van der Waals surface area contributed by atoms with Gasteiger partial charge < -0.3 is 31.7 Å². The molecule has 2 fully saturated rings. The number of aliphatic hydroxyl groups excluding tert-OH is 2. The van der Waals surface area contributed by atoms with Crippen molar-refractivity contribution in [3.05, 3.63) is 449 Å². The van der Waals surface area contributed by atoms with Crippen molar-refractivity contribution in [1.82, 2.24) is 15.0 Å². The smallest absolute Gasteiger partial charge is 0.802 e. The average molecular weight is 2400 g/mol. The molecule has 3 aliphatic heterocycles. The van der Waals surface area contributed by atoms with Crippen molar-refractivity contribution in [3.63, 3.8) is 0 Å². The van der Waals surface area contributed by atoms with Crippen LogP contribution in [-0.4, -0.2) is 48.2 Å². The predicted molar refractivity (Wildman–Crippen MR) is 561 cm³/mol. The molecule has 4 atom stereocenters. The van der Waals surface area contributed by atoms with Gasteiger partial charge >= 0.3 is 21.1 Å². The van der Waals surface area contributed by atoms with E-state index in [0.717, 1.165) is 105 Å². The van der Waals surface area contributed by atoms with Gasteiger partial charge in [-0.3, -0.25) is 24.5 Å². The summed E-state index contributed by atoms with van der Waals surface area (Å²) in [5.41, 5.74) is 40.3. The van der Waals surface area contributed by atoms with E-state index in [-0.39, 0.29) is 96.7 Å². The van der Waals surface area contributed by atoms with Crippen molar-refractivity contribution in [1.29, 1.82) is 5.41 Å². The van der Waals surface area contributed by atoms with Gasteiger partial charge in [0.15, 0.2) is 49.8 Å². The number of hydrogen-bond acceptors (Lipinski definition) is 10. The van der Waals surface area contributed by atoms with Crippen LogP contribution in [0, 0.1) is 41.0 Å². The van der Waals surface area contributed by atoms with Crippen LogP contribution in [0.5, 0.6) is 0 Å². The van der Waals surface area contributed by atoms with E-state index < -0.39 is 0 Å². The minimum Gasteiger partial charge on any atom is -0.802 e. The monoisotopic (exact) mass is 2400 g/mol. The van der Waals surface area contributed by atoms with E-state index >= 15 is 0 Å². The van der Waals surface area contributed by atoms with Crippen LogP contribution in [0.25, 0.3) is 94.5 Å². The van der Waals surface area contributed by atoms with Crippen LogP contribution in [0.3, 0.4) is 0 Å². The van der Waals surface area contributed by atoms with E-state index in [0.29, 0.717) is 5.41 Å². The molecule has 6 aromatic heterocycles. The summed E-state index contributed by atoms with van der Waals surface area (Å²) in [6.07, 6.45) is 35.4. The molecule has 17 heteroatoms. The second-order valence-corrected chi connectivity index (χ2v) is 38.0. The maximum Gasteiger partial charge on any atom is 2.00 e. The van der Waals surface area contributed by atoms with Crippen molar-refractivity contribution in [2.24, 2.45) is 11.3 Å². The Bertz CT molecular complexity index is 7210. The number of ketones is 2. The summed E-state index contributed by atoms with van der Waals surface area (Å²) < 4.78 is 7.37. The summed E-state index contributed by atoms with van der Waals surface area (Å²) in [6, 6.07) is 111. The zero-order valence-corrected chi connectivity index (χ0v) is 87.8. The number of carbonyl (C=O) groups excluding carboxylic acids is 2. The van der Waals surface area contributed by atoms with Gasteiger partial charge in [0.1, 0.15) is 11.6 Å². The number of nitrogens with two attached hydrogens (primary N) is 1. The second kappa shape index (κ2) is 47.4. The minimum absolute atomic E-state index is 0.